The summed E-state index contributed by atoms with van der Waals surface area (Å²) in [4.78, 5) is 21.7. The van der Waals surface area contributed by atoms with Crippen molar-refractivity contribution in [2.24, 2.45) is 0 Å². The van der Waals surface area contributed by atoms with Gasteiger partial charge >= 0.3 is 0 Å². The first-order chi connectivity index (χ1) is 16.9. The first-order valence-electron chi connectivity index (χ1n) is 12.2. The van der Waals surface area contributed by atoms with Gasteiger partial charge in [0.15, 0.2) is 9.84 Å². The number of amides is 1. The van der Waals surface area contributed by atoms with Crippen LogP contribution in [-0.4, -0.2) is 66.8 Å². The molecule has 2 aromatic carbocycles. The third-order valence-corrected chi connectivity index (χ3v) is 8.89. The summed E-state index contributed by atoms with van der Waals surface area (Å²) in [5.41, 5.74) is 6.47. The monoisotopic (exact) mass is 489 g/mol. The van der Waals surface area contributed by atoms with Crippen LogP contribution in [0.2, 0.25) is 0 Å². The molecule has 1 aromatic heterocycles. The molecule has 35 heavy (non-hydrogen) atoms. The molecule has 5 rings (SSSR count). The molecule has 1 fully saturated rings. The number of fused-ring (bicyclic) bond motifs is 1. The van der Waals surface area contributed by atoms with Gasteiger partial charge in [0.2, 0.25) is 0 Å². The molecular weight excluding hydrogens is 458 g/mol. The fourth-order valence-corrected chi connectivity index (χ4v) is 6.35. The number of benzene rings is 2. The molecule has 6 nitrogen and oxygen atoms in total. The molecule has 1 aliphatic carbocycles. The maximum absolute atomic E-state index is 13.2. The molecule has 2 heterocycles. The molecule has 1 saturated heterocycles. The number of hydrogen-bond donors (Lipinski definition) is 0. The van der Waals surface area contributed by atoms with E-state index in [2.05, 4.69) is 28.1 Å². The number of likely N-dealkylation sites (N-methyl/N-ethyl adjacent to an activating group) is 1. The topological polar surface area (TPSA) is 70.6 Å². The van der Waals surface area contributed by atoms with E-state index in [0.29, 0.717) is 18.7 Å². The van der Waals surface area contributed by atoms with Crippen LogP contribution < -0.4 is 0 Å². The van der Waals surface area contributed by atoms with Gasteiger partial charge in [-0.2, -0.15) is 0 Å². The van der Waals surface area contributed by atoms with Gasteiger partial charge in [0.1, 0.15) is 0 Å². The van der Waals surface area contributed by atoms with Crippen molar-refractivity contribution in [2.75, 3.05) is 31.6 Å². The summed E-state index contributed by atoms with van der Waals surface area (Å²) in [6, 6.07) is 20.3. The molecule has 1 aliphatic heterocycles. The lowest BCUT2D eigenvalue weighted by molar-refractivity contribution is 0.0719. The second-order valence-electron chi connectivity index (χ2n) is 9.64. The first kappa shape index (κ1) is 23.7. The Morgan fingerprint density at radius 1 is 1.03 bits per heavy atom. The second kappa shape index (κ2) is 9.91. The van der Waals surface area contributed by atoms with Gasteiger partial charge in [0.25, 0.3) is 5.91 Å². The molecule has 3 aromatic rings. The summed E-state index contributed by atoms with van der Waals surface area (Å²) in [6.07, 6.45) is 4.50. The average Bonchev–Trinajstić information content (AvgIpc) is 2.89. The summed E-state index contributed by atoms with van der Waals surface area (Å²) in [6.45, 7) is 2.01. The summed E-state index contributed by atoms with van der Waals surface area (Å²) < 4.78 is 23.4. The Kier molecular flexibility index (Phi) is 6.71. The van der Waals surface area contributed by atoms with E-state index in [-0.39, 0.29) is 23.5 Å². The van der Waals surface area contributed by atoms with E-state index >= 15 is 0 Å². The molecule has 1 amide bonds. The molecule has 7 heteroatoms. The normalized spacial score (nSPS) is 19.6. The SMILES string of the molecule is CN(C(=O)c1ccc(-c2ccccn2)cc1)[C@H]1CCc2cc(CN3CCS(=O)(=O)CC3)ccc2C1. The summed E-state index contributed by atoms with van der Waals surface area (Å²) in [7, 11) is -0.949. The Balaban J connectivity index is 1.21. The summed E-state index contributed by atoms with van der Waals surface area (Å²) >= 11 is 0. The number of aryl methyl sites for hydroxylation is 1. The van der Waals surface area contributed by atoms with Crippen LogP contribution in [0.5, 0.6) is 0 Å². The fraction of sp³-hybridized carbons (Fsp3) is 0.357. The minimum absolute atomic E-state index is 0.0442. The van der Waals surface area contributed by atoms with Crippen LogP contribution in [0.15, 0.2) is 66.9 Å². The third kappa shape index (κ3) is 5.46. The number of rotatable bonds is 5. The van der Waals surface area contributed by atoms with Crippen molar-refractivity contribution in [1.29, 1.82) is 0 Å². The number of aromatic nitrogens is 1. The van der Waals surface area contributed by atoms with Crippen LogP contribution in [0.25, 0.3) is 11.3 Å². The molecule has 0 unspecified atom stereocenters. The van der Waals surface area contributed by atoms with Crippen LogP contribution >= 0.6 is 0 Å². The first-order valence-corrected chi connectivity index (χ1v) is 14.0. The predicted octanol–water partition coefficient (Wildman–Crippen LogP) is 3.61. The van der Waals surface area contributed by atoms with Crippen molar-refractivity contribution in [3.8, 4) is 11.3 Å². The minimum atomic E-state index is -2.86. The molecule has 0 radical (unpaired) electrons. The standard InChI is InChI=1S/C28H31N3O3S/c1-30(28(32)23-9-7-22(8-10-23)27-4-2-3-13-29-27)26-12-11-24-18-21(5-6-25(24)19-26)20-31-14-16-35(33,34)17-15-31/h2-10,13,18,26H,11-12,14-17,19-20H2,1H3/t26-/m0/s1. The molecule has 2 aliphatic rings. The maximum atomic E-state index is 13.2. The van der Waals surface area contributed by atoms with Crippen molar-refractivity contribution in [1.82, 2.24) is 14.8 Å². The highest BCUT2D eigenvalue weighted by Crippen LogP contribution is 2.27. The number of carbonyl (C=O) groups is 1. The smallest absolute Gasteiger partial charge is 0.253 e. The van der Waals surface area contributed by atoms with Gasteiger partial charge in [-0.1, -0.05) is 36.4 Å². The molecular formula is C28H31N3O3S. The highest BCUT2D eigenvalue weighted by molar-refractivity contribution is 7.91. The third-order valence-electron chi connectivity index (χ3n) is 7.28. The van der Waals surface area contributed by atoms with E-state index in [9.17, 15) is 13.2 Å². The van der Waals surface area contributed by atoms with Gasteiger partial charge in [-0.05, 0) is 60.2 Å². The van der Waals surface area contributed by atoms with Gasteiger partial charge in [0.05, 0.1) is 17.2 Å². The Bertz CT molecular complexity index is 1290. The Labute approximate surface area is 207 Å². The van der Waals surface area contributed by atoms with Crippen molar-refractivity contribution in [3.63, 3.8) is 0 Å². The van der Waals surface area contributed by atoms with E-state index in [0.717, 1.165) is 37.1 Å². The van der Waals surface area contributed by atoms with E-state index in [1.54, 1.807) is 6.20 Å². The zero-order chi connectivity index (χ0) is 24.4. The summed E-state index contributed by atoms with van der Waals surface area (Å²) in [5, 5.41) is 0. The molecule has 0 bridgehead atoms. The van der Waals surface area contributed by atoms with Gasteiger partial charge in [-0.25, -0.2) is 8.42 Å². The highest BCUT2D eigenvalue weighted by Gasteiger charge is 2.27. The largest absolute Gasteiger partial charge is 0.338 e. The van der Waals surface area contributed by atoms with E-state index < -0.39 is 9.84 Å². The number of nitrogens with zero attached hydrogens (tertiary/aromatic N) is 3. The highest BCUT2D eigenvalue weighted by atomic mass is 32.2. The van der Waals surface area contributed by atoms with Crippen molar-refractivity contribution >= 4 is 15.7 Å². The van der Waals surface area contributed by atoms with Gasteiger partial charge in [-0.15, -0.1) is 0 Å². The van der Waals surface area contributed by atoms with Crippen molar-refractivity contribution < 1.29 is 13.2 Å². The molecule has 0 spiro atoms. The average molecular weight is 490 g/mol. The Morgan fingerprint density at radius 2 is 1.80 bits per heavy atom. The summed E-state index contributed by atoms with van der Waals surface area (Å²) in [5.74, 6) is 0.556. The number of carbonyl (C=O) groups excluding carboxylic acids is 1. The van der Waals surface area contributed by atoms with Crippen LogP contribution in [0.3, 0.4) is 0 Å². The second-order valence-corrected chi connectivity index (χ2v) is 11.9. The number of hydrogen-bond acceptors (Lipinski definition) is 5. The van der Waals surface area contributed by atoms with Crippen LogP contribution in [0.1, 0.15) is 33.5 Å². The Morgan fingerprint density at radius 3 is 2.51 bits per heavy atom. The maximum Gasteiger partial charge on any atom is 0.253 e. The van der Waals surface area contributed by atoms with Crippen molar-refractivity contribution in [3.05, 3.63) is 89.1 Å². The van der Waals surface area contributed by atoms with E-state index in [4.69, 9.17) is 0 Å². The van der Waals surface area contributed by atoms with E-state index in [1.165, 1.54) is 16.7 Å². The lowest BCUT2D eigenvalue weighted by Crippen LogP contribution is -2.41. The molecule has 182 valence electrons. The molecule has 0 N–H and O–H groups in total. The van der Waals surface area contributed by atoms with E-state index in [1.807, 2.05) is 54.4 Å². The van der Waals surface area contributed by atoms with Gasteiger partial charge in [0, 0.05) is 50.0 Å². The Hall–Kier alpha value is -3.03. The van der Waals surface area contributed by atoms with Crippen LogP contribution in [0, 0.1) is 0 Å². The van der Waals surface area contributed by atoms with Gasteiger partial charge in [-0.3, -0.25) is 14.7 Å². The zero-order valence-corrected chi connectivity index (χ0v) is 20.9. The lowest BCUT2D eigenvalue weighted by Gasteiger charge is -2.33. The number of sulfone groups is 1. The molecule has 0 saturated carbocycles. The quantitative estimate of drug-likeness (QED) is 0.548. The van der Waals surface area contributed by atoms with Crippen molar-refractivity contribution in [2.45, 2.75) is 31.8 Å². The zero-order valence-electron chi connectivity index (χ0n) is 20.1. The number of pyridine rings is 1. The lowest BCUT2D eigenvalue weighted by atomic mass is 9.86. The fourth-order valence-electron chi connectivity index (χ4n) is 5.07. The van der Waals surface area contributed by atoms with Crippen LogP contribution in [-0.2, 0) is 29.2 Å². The minimum Gasteiger partial charge on any atom is -0.338 e. The van der Waals surface area contributed by atoms with Gasteiger partial charge < -0.3 is 4.90 Å². The van der Waals surface area contributed by atoms with Crippen LogP contribution in [0.4, 0.5) is 0 Å². The predicted molar refractivity (Wildman–Crippen MR) is 138 cm³/mol. The molecule has 1 atom stereocenters.